The second kappa shape index (κ2) is 4.98. The topological polar surface area (TPSA) is 63.1 Å². The van der Waals surface area contributed by atoms with Crippen LogP contribution in [0.25, 0.3) is 10.6 Å². The van der Waals surface area contributed by atoms with Crippen molar-refractivity contribution in [1.29, 1.82) is 0 Å². The average Bonchev–Trinajstić information content (AvgIpc) is 2.66. The highest BCUT2D eigenvalue weighted by Crippen LogP contribution is 2.32. The fourth-order valence-electron chi connectivity index (χ4n) is 2.10. The molecule has 106 valence electrons. The third-order valence-corrected chi connectivity index (χ3v) is 4.07. The lowest BCUT2D eigenvalue weighted by Gasteiger charge is -2.20. The van der Waals surface area contributed by atoms with E-state index in [1.165, 1.54) is 0 Å². The number of carbonyl (C=O) groups is 1. The van der Waals surface area contributed by atoms with Crippen LogP contribution in [0.15, 0.2) is 12.1 Å². The van der Waals surface area contributed by atoms with Gasteiger partial charge < -0.3 is 5.11 Å². The molecule has 5 heteroatoms. The molecule has 0 saturated carbocycles. The normalized spacial score (nSPS) is 11.7. The second-order valence-electron chi connectivity index (χ2n) is 5.80. The maximum atomic E-state index is 11.3. The summed E-state index contributed by atoms with van der Waals surface area (Å²) in [6.45, 7) is 9.81. The first-order chi connectivity index (χ1) is 9.20. The van der Waals surface area contributed by atoms with Crippen LogP contribution in [-0.4, -0.2) is 21.0 Å². The molecule has 0 fully saturated rings. The van der Waals surface area contributed by atoms with Crippen molar-refractivity contribution >= 4 is 17.3 Å². The third-order valence-electron chi connectivity index (χ3n) is 2.97. The second-order valence-corrected chi connectivity index (χ2v) is 7.00. The monoisotopic (exact) mass is 290 g/mol. The molecule has 0 aromatic carbocycles. The molecular weight excluding hydrogens is 272 g/mol. The Morgan fingerprint density at radius 1 is 1.20 bits per heavy atom. The fraction of sp³-hybridized carbons (Fsp3) is 0.400. The molecule has 0 unspecified atom stereocenters. The maximum absolute atomic E-state index is 11.3. The summed E-state index contributed by atoms with van der Waals surface area (Å²) < 4.78 is 0. The lowest BCUT2D eigenvalue weighted by molar-refractivity contribution is 0.0693. The van der Waals surface area contributed by atoms with Gasteiger partial charge >= 0.3 is 5.97 Å². The summed E-state index contributed by atoms with van der Waals surface area (Å²) in [5, 5.41) is 10.3. The van der Waals surface area contributed by atoms with E-state index in [4.69, 9.17) is 0 Å². The van der Waals surface area contributed by atoms with Crippen LogP contribution in [0.2, 0.25) is 0 Å². The molecule has 0 aliphatic carbocycles. The van der Waals surface area contributed by atoms with Gasteiger partial charge in [-0.2, -0.15) is 0 Å². The van der Waals surface area contributed by atoms with Crippen LogP contribution < -0.4 is 0 Å². The van der Waals surface area contributed by atoms with E-state index in [9.17, 15) is 9.90 Å². The fourth-order valence-corrected chi connectivity index (χ4v) is 2.99. The van der Waals surface area contributed by atoms with Gasteiger partial charge in [0, 0.05) is 5.41 Å². The maximum Gasteiger partial charge on any atom is 0.337 e. The number of pyridine rings is 1. The standard InChI is InChI=1S/C15H18N2O2S/c1-8-12(20-9(2)16-8)11-7-6-10(14(18)19)13(17-11)15(3,4)5/h6-7H,1-5H3,(H,18,19). The van der Waals surface area contributed by atoms with Crippen molar-refractivity contribution in [3.8, 4) is 10.6 Å². The Labute approximate surface area is 122 Å². The van der Waals surface area contributed by atoms with Crippen molar-refractivity contribution in [1.82, 2.24) is 9.97 Å². The average molecular weight is 290 g/mol. The van der Waals surface area contributed by atoms with Crippen LogP contribution in [0.1, 0.15) is 47.5 Å². The number of hydrogen-bond acceptors (Lipinski definition) is 4. The van der Waals surface area contributed by atoms with E-state index in [2.05, 4.69) is 9.97 Å². The highest BCUT2D eigenvalue weighted by Gasteiger charge is 2.24. The Hall–Kier alpha value is -1.75. The molecule has 0 bridgehead atoms. The minimum Gasteiger partial charge on any atom is -0.478 e. The summed E-state index contributed by atoms with van der Waals surface area (Å²) in [5.74, 6) is -0.939. The molecular formula is C15H18N2O2S. The van der Waals surface area contributed by atoms with Crippen LogP contribution in [0, 0.1) is 13.8 Å². The summed E-state index contributed by atoms with van der Waals surface area (Å²) in [4.78, 5) is 21.3. The number of nitrogens with zero attached hydrogens (tertiary/aromatic N) is 2. The zero-order chi connectivity index (χ0) is 15.1. The largest absolute Gasteiger partial charge is 0.478 e. The van der Waals surface area contributed by atoms with Gasteiger partial charge in [0.25, 0.3) is 0 Å². The molecule has 0 aliphatic heterocycles. The molecule has 4 nitrogen and oxygen atoms in total. The minimum absolute atomic E-state index is 0.264. The first kappa shape index (κ1) is 14.7. The van der Waals surface area contributed by atoms with Gasteiger partial charge in [0.2, 0.25) is 0 Å². The van der Waals surface area contributed by atoms with Crippen LogP contribution in [-0.2, 0) is 5.41 Å². The Kier molecular flexibility index (Phi) is 3.65. The molecule has 2 heterocycles. The summed E-state index contributed by atoms with van der Waals surface area (Å²) in [7, 11) is 0. The zero-order valence-corrected chi connectivity index (χ0v) is 13.1. The smallest absolute Gasteiger partial charge is 0.337 e. The summed E-state index contributed by atoms with van der Waals surface area (Å²) >= 11 is 1.58. The molecule has 0 atom stereocenters. The van der Waals surface area contributed by atoms with Crippen molar-refractivity contribution in [2.75, 3.05) is 0 Å². The lowest BCUT2D eigenvalue weighted by atomic mass is 9.88. The number of aromatic nitrogens is 2. The van der Waals surface area contributed by atoms with Crippen LogP contribution in [0.5, 0.6) is 0 Å². The summed E-state index contributed by atoms with van der Waals surface area (Å²) in [5.41, 5.74) is 2.27. The van der Waals surface area contributed by atoms with Crippen LogP contribution in [0.4, 0.5) is 0 Å². The molecule has 0 radical (unpaired) electrons. The SMILES string of the molecule is Cc1nc(C)c(-c2ccc(C(=O)O)c(C(C)(C)C)n2)s1. The highest BCUT2D eigenvalue weighted by molar-refractivity contribution is 7.15. The zero-order valence-electron chi connectivity index (χ0n) is 12.3. The third kappa shape index (κ3) is 2.72. The number of rotatable bonds is 2. The van der Waals surface area contributed by atoms with E-state index >= 15 is 0 Å². The Morgan fingerprint density at radius 2 is 1.85 bits per heavy atom. The van der Waals surface area contributed by atoms with Crippen molar-refractivity contribution in [3.63, 3.8) is 0 Å². The Bertz CT molecular complexity index is 669. The van der Waals surface area contributed by atoms with E-state index < -0.39 is 5.97 Å². The van der Waals surface area contributed by atoms with Crippen LogP contribution >= 0.6 is 11.3 Å². The summed E-state index contributed by atoms with van der Waals surface area (Å²) in [6, 6.07) is 3.40. The number of aromatic carboxylic acids is 1. The van der Waals surface area contributed by atoms with E-state index in [1.54, 1.807) is 23.5 Å². The Balaban J connectivity index is 2.64. The molecule has 0 saturated heterocycles. The molecule has 20 heavy (non-hydrogen) atoms. The molecule has 2 rings (SSSR count). The number of thiazole rings is 1. The van der Waals surface area contributed by atoms with Crippen LogP contribution in [0.3, 0.4) is 0 Å². The first-order valence-electron chi connectivity index (χ1n) is 6.39. The van der Waals surface area contributed by atoms with Gasteiger partial charge in [0.1, 0.15) is 0 Å². The van der Waals surface area contributed by atoms with Crippen molar-refractivity contribution in [2.24, 2.45) is 0 Å². The van der Waals surface area contributed by atoms with Crippen molar-refractivity contribution in [2.45, 2.75) is 40.0 Å². The number of aryl methyl sites for hydroxylation is 2. The van der Waals surface area contributed by atoms with Gasteiger partial charge in [0.05, 0.1) is 32.5 Å². The predicted molar refractivity (Wildman–Crippen MR) is 80.5 cm³/mol. The van der Waals surface area contributed by atoms with Gasteiger partial charge in [-0.05, 0) is 26.0 Å². The lowest BCUT2D eigenvalue weighted by Crippen LogP contribution is -2.19. The Morgan fingerprint density at radius 3 is 2.30 bits per heavy atom. The van der Waals surface area contributed by atoms with Gasteiger partial charge in [-0.3, -0.25) is 4.98 Å². The molecule has 0 aliphatic rings. The minimum atomic E-state index is -0.939. The molecule has 0 amide bonds. The number of carboxylic acid groups (broad SMARTS) is 1. The quantitative estimate of drug-likeness (QED) is 0.913. The molecule has 2 aromatic rings. The van der Waals surface area contributed by atoms with Gasteiger partial charge in [-0.1, -0.05) is 20.8 Å². The van der Waals surface area contributed by atoms with E-state index in [0.29, 0.717) is 5.69 Å². The van der Waals surface area contributed by atoms with Crippen molar-refractivity contribution in [3.05, 3.63) is 34.1 Å². The van der Waals surface area contributed by atoms with Gasteiger partial charge in [0.15, 0.2) is 0 Å². The van der Waals surface area contributed by atoms with Crippen molar-refractivity contribution < 1.29 is 9.90 Å². The number of hydrogen-bond donors (Lipinski definition) is 1. The molecule has 0 spiro atoms. The van der Waals surface area contributed by atoms with Gasteiger partial charge in [-0.15, -0.1) is 11.3 Å². The highest BCUT2D eigenvalue weighted by atomic mass is 32.1. The predicted octanol–water partition coefficient (Wildman–Crippen LogP) is 3.82. The molecule has 2 aromatic heterocycles. The van der Waals surface area contributed by atoms with E-state index in [1.807, 2.05) is 34.6 Å². The summed E-state index contributed by atoms with van der Waals surface area (Å²) in [6.07, 6.45) is 0. The van der Waals surface area contributed by atoms with Gasteiger partial charge in [-0.25, -0.2) is 9.78 Å². The number of carboxylic acids is 1. The van der Waals surface area contributed by atoms with E-state index in [0.717, 1.165) is 21.3 Å². The molecule has 1 N–H and O–H groups in total. The first-order valence-corrected chi connectivity index (χ1v) is 7.21. The van der Waals surface area contributed by atoms with E-state index in [-0.39, 0.29) is 11.0 Å².